The largest absolute Gasteiger partial charge is 0.479 e. The molecule has 1 aliphatic rings. The van der Waals surface area contributed by atoms with Crippen LogP contribution in [0.4, 0.5) is 0 Å². The van der Waals surface area contributed by atoms with Crippen molar-refractivity contribution in [2.24, 2.45) is 0 Å². The van der Waals surface area contributed by atoms with E-state index in [0.717, 1.165) is 0 Å². The highest BCUT2D eigenvalue weighted by Crippen LogP contribution is 2.28. The van der Waals surface area contributed by atoms with Gasteiger partial charge in [0, 0.05) is 5.75 Å². The first kappa shape index (κ1) is 14.8. The van der Waals surface area contributed by atoms with E-state index in [1.165, 1.54) is 11.8 Å². The minimum absolute atomic E-state index is 0.0169. The third-order valence-electron chi connectivity index (χ3n) is 2.84. The summed E-state index contributed by atoms with van der Waals surface area (Å²) in [4.78, 5) is 26.9. The van der Waals surface area contributed by atoms with Crippen LogP contribution in [0, 0.1) is 6.92 Å². The molecule has 0 aromatic carbocycles. The van der Waals surface area contributed by atoms with E-state index in [1.54, 1.807) is 6.92 Å². The summed E-state index contributed by atoms with van der Waals surface area (Å²) >= 11 is 1.51. The number of rotatable bonds is 6. The zero-order valence-electron chi connectivity index (χ0n) is 10.9. The van der Waals surface area contributed by atoms with E-state index in [0.29, 0.717) is 23.8 Å². The molecule has 9 heteroatoms. The molecular weight excluding hydrogens is 286 g/mol. The molecule has 2 heterocycles. The Morgan fingerprint density at radius 1 is 1.60 bits per heavy atom. The van der Waals surface area contributed by atoms with Crippen molar-refractivity contribution in [2.45, 2.75) is 25.5 Å². The normalized spacial score (nSPS) is 21.9. The second kappa shape index (κ2) is 6.23. The summed E-state index contributed by atoms with van der Waals surface area (Å²) in [5, 5.41) is 15.3. The lowest BCUT2D eigenvalue weighted by Gasteiger charge is -2.24. The van der Waals surface area contributed by atoms with Crippen LogP contribution in [0.5, 0.6) is 0 Å². The van der Waals surface area contributed by atoms with E-state index in [4.69, 9.17) is 9.26 Å². The van der Waals surface area contributed by atoms with Gasteiger partial charge in [-0.05, 0) is 19.1 Å². The number of hydrogen-bond acceptors (Lipinski definition) is 7. The quantitative estimate of drug-likeness (QED) is 0.753. The van der Waals surface area contributed by atoms with Gasteiger partial charge in [0.25, 0.3) is 5.89 Å². The molecule has 20 heavy (non-hydrogen) atoms. The van der Waals surface area contributed by atoms with Crippen LogP contribution in [0.15, 0.2) is 4.52 Å². The van der Waals surface area contributed by atoms with Crippen LogP contribution in [0.2, 0.25) is 0 Å². The number of amides is 1. The first-order valence-corrected chi connectivity index (χ1v) is 7.16. The molecule has 8 nitrogen and oxygen atoms in total. The molecule has 1 atom stereocenters. The second-order valence-corrected chi connectivity index (χ2v) is 5.57. The number of nitrogens with zero attached hydrogens (tertiary/aromatic N) is 2. The van der Waals surface area contributed by atoms with Gasteiger partial charge in [0.15, 0.2) is 5.82 Å². The van der Waals surface area contributed by atoms with E-state index < -0.39 is 17.4 Å². The maximum absolute atomic E-state index is 11.7. The molecule has 0 spiro atoms. The SMILES string of the molecule is Cc1noc(COCC(=O)NC2(C(=O)O)CCSC2)n1. The highest BCUT2D eigenvalue weighted by atomic mass is 32.2. The molecule has 1 aromatic rings. The molecule has 0 radical (unpaired) electrons. The van der Waals surface area contributed by atoms with Crippen LogP contribution in [-0.2, 0) is 20.9 Å². The highest BCUT2D eigenvalue weighted by Gasteiger charge is 2.43. The lowest BCUT2D eigenvalue weighted by molar-refractivity contribution is -0.147. The number of aryl methyl sites for hydroxylation is 1. The molecule has 1 fully saturated rings. The Hall–Kier alpha value is -1.61. The summed E-state index contributed by atoms with van der Waals surface area (Å²) in [6.07, 6.45) is 0.418. The van der Waals surface area contributed by atoms with Gasteiger partial charge in [0.2, 0.25) is 5.91 Å². The summed E-state index contributed by atoms with van der Waals surface area (Å²) in [5.41, 5.74) is -1.17. The molecule has 0 saturated carbocycles. The van der Waals surface area contributed by atoms with Gasteiger partial charge < -0.3 is 19.7 Å². The van der Waals surface area contributed by atoms with Gasteiger partial charge in [-0.25, -0.2) is 4.79 Å². The summed E-state index contributed by atoms with van der Waals surface area (Å²) in [5.74, 6) is 0.376. The maximum atomic E-state index is 11.7. The average Bonchev–Trinajstić information content (AvgIpc) is 2.99. The monoisotopic (exact) mass is 301 g/mol. The molecule has 1 amide bonds. The van der Waals surface area contributed by atoms with Gasteiger partial charge in [-0.2, -0.15) is 16.7 Å². The summed E-state index contributed by atoms with van der Waals surface area (Å²) < 4.78 is 9.94. The number of carbonyl (C=O) groups is 2. The first-order valence-electron chi connectivity index (χ1n) is 6.01. The number of thioether (sulfide) groups is 1. The number of aliphatic carboxylic acids is 1. The number of carbonyl (C=O) groups excluding carboxylic acids is 1. The van der Waals surface area contributed by atoms with Gasteiger partial charge in [-0.3, -0.25) is 4.79 Å². The van der Waals surface area contributed by atoms with Crippen molar-refractivity contribution >= 4 is 23.6 Å². The van der Waals surface area contributed by atoms with E-state index >= 15 is 0 Å². The minimum Gasteiger partial charge on any atom is -0.479 e. The maximum Gasteiger partial charge on any atom is 0.330 e. The van der Waals surface area contributed by atoms with Gasteiger partial charge in [-0.1, -0.05) is 5.16 Å². The number of aromatic nitrogens is 2. The van der Waals surface area contributed by atoms with Crippen LogP contribution in [0.1, 0.15) is 18.1 Å². The van der Waals surface area contributed by atoms with Crippen molar-refractivity contribution in [3.63, 3.8) is 0 Å². The summed E-state index contributed by atoms with van der Waals surface area (Å²) in [7, 11) is 0. The smallest absolute Gasteiger partial charge is 0.330 e. The molecule has 1 saturated heterocycles. The Bertz CT molecular complexity index is 498. The molecule has 2 rings (SSSR count). The van der Waals surface area contributed by atoms with Gasteiger partial charge in [0.1, 0.15) is 18.8 Å². The Balaban J connectivity index is 1.78. The zero-order valence-corrected chi connectivity index (χ0v) is 11.7. The van der Waals surface area contributed by atoms with Crippen LogP contribution in [0.25, 0.3) is 0 Å². The minimum atomic E-state index is -1.17. The molecule has 1 aliphatic heterocycles. The lowest BCUT2D eigenvalue weighted by atomic mass is 9.99. The molecule has 110 valence electrons. The van der Waals surface area contributed by atoms with Crippen molar-refractivity contribution in [3.05, 3.63) is 11.7 Å². The molecule has 0 bridgehead atoms. The molecule has 2 N–H and O–H groups in total. The van der Waals surface area contributed by atoms with Crippen molar-refractivity contribution in [2.75, 3.05) is 18.1 Å². The fraction of sp³-hybridized carbons (Fsp3) is 0.636. The predicted molar refractivity (Wildman–Crippen MR) is 69.1 cm³/mol. The van der Waals surface area contributed by atoms with Crippen LogP contribution < -0.4 is 5.32 Å². The molecule has 1 aromatic heterocycles. The standard InChI is InChI=1S/C11H15N3O5S/c1-7-12-9(19-14-7)5-18-4-8(15)13-11(10(16)17)2-3-20-6-11/h2-6H2,1H3,(H,13,15)(H,16,17). The van der Waals surface area contributed by atoms with Gasteiger partial charge in [0.05, 0.1) is 0 Å². The third kappa shape index (κ3) is 3.48. The van der Waals surface area contributed by atoms with E-state index in [1.807, 2.05) is 0 Å². The van der Waals surface area contributed by atoms with Gasteiger partial charge >= 0.3 is 5.97 Å². The second-order valence-electron chi connectivity index (χ2n) is 4.47. The van der Waals surface area contributed by atoms with E-state index in [9.17, 15) is 14.7 Å². The number of ether oxygens (including phenoxy) is 1. The van der Waals surface area contributed by atoms with Crippen molar-refractivity contribution < 1.29 is 24.0 Å². The molecule has 0 aliphatic carbocycles. The molecule has 1 unspecified atom stereocenters. The molecular formula is C11H15N3O5S. The Morgan fingerprint density at radius 3 is 2.95 bits per heavy atom. The summed E-state index contributed by atoms with van der Waals surface area (Å²) in [6, 6.07) is 0. The number of carboxylic acids is 1. The zero-order chi connectivity index (χ0) is 14.6. The summed E-state index contributed by atoms with van der Waals surface area (Å²) in [6.45, 7) is 1.44. The van der Waals surface area contributed by atoms with E-state index in [-0.39, 0.29) is 19.1 Å². The number of hydrogen-bond donors (Lipinski definition) is 2. The topological polar surface area (TPSA) is 115 Å². The first-order chi connectivity index (χ1) is 9.52. The third-order valence-corrected chi connectivity index (χ3v) is 4.03. The van der Waals surface area contributed by atoms with Crippen LogP contribution >= 0.6 is 11.8 Å². The number of nitrogens with one attached hydrogen (secondary N) is 1. The Morgan fingerprint density at radius 2 is 2.40 bits per heavy atom. The fourth-order valence-corrected chi connectivity index (χ4v) is 3.14. The van der Waals surface area contributed by atoms with Crippen molar-refractivity contribution in [1.29, 1.82) is 0 Å². The average molecular weight is 301 g/mol. The van der Waals surface area contributed by atoms with Crippen molar-refractivity contribution in [3.8, 4) is 0 Å². The van der Waals surface area contributed by atoms with Gasteiger partial charge in [-0.15, -0.1) is 0 Å². The fourth-order valence-electron chi connectivity index (χ4n) is 1.82. The predicted octanol–water partition coefficient (Wildman–Crippen LogP) is -0.0289. The van der Waals surface area contributed by atoms with Crippen LogP contribution in [-0.4, -0.2) is 50.8 Å². The lowest BCUT2D eigenvalue weighted by Crippen LogP contribution is -2.55. The Kier molecular flexibility index (Phi) is 4.61. The van der Waals surface area contributed by atoms with Crippen molar-refractivity contribution in [1.82, 2.24) is 15.5 Å². The number of carboxylic acid groups (broad SMARTS) is 1. The highest BCUT2D eigenvalue weighted by molar-refractivity contribution is 7.99. The van der Waals surface area contributed by atoms with E-state index in [2.05, 4.69) is 15.5 Å². The van der Waals surface area contributed by atoms with Crippen LogP contribution in [0.3, 0.4) is 0 Å². The Labute approximate surface area is 119 Å².